The Morgan fingerprint density at radius 1 is 1.35 bits per heavy atom. The molecule has 2 aromatic rings. The predicted molar refractivity (Wildman–Crippen MR) is 85.8 cm³/mol. The van der Waals surface area contributed by atoms with E-state index in [4.69, 9.17) is 9.47 Å². The van der Waals surface area contributed by atoms with Gasteiger partial charge >= 0.3 is 0 Å². The number of hydrogen-bond donors (Lipinski definition) is 0. The third-order valence-corrected chi connectivity index (χ3v) is 4.37. The maximum absolute atomic E-state index is 12.5. The number of pyridine rings is 1. The Labute approximate surface area is 130 Å². The van der Waals surface area contributed by atoms with Crippen molar-refractivity contribution in [3.63, 3.8) is 0 Å². The fourth-order valence-electron chi connectivity index (χ4n) is 2.50. The highest BCUT2D eigenvalue weighted by atomic mass is 127. The second-order valence-electron chi connectivity index (χ2n) is 5.43. The maximum atomic E-state index is 12.5. The van der Waals surface area contributed by atoms with Gasteiger partial charge in [0.1, 0.15) is 6.10 Å². The van der Waals surface area contributed by atoms with Crippen molar-refractivity contribution in [3.05, 3.63) is 44.4 Å². The molecule has 106 valence electrons. The van der Waals surface area contributed by atoms with Crippen molar-refractivity contribution in [3.8, 4) is 0 Å². The number of fused-ring (bicyclic) bond motifs is 1. The molecular weight excluding hydrogens is 369 g/mol. The number of ether oxygens (including phenoxy) is 2. The van der Waals surface area contributed by atoms with Gasteiger partial charge in [0.25, 0.3) is 5.56 Å². The molecule has 0 aliphatic carbocycles. The Morgan fingerprint density at radius 2 is 2.15 bits per heavy atom. The number of nitrogens with zero attached hydrogens (tertiary/aromatic N) is 1. The predicted octanol–water partition coefficient (Wildman–Crippen LogP) is 2.76. The van der Waals surface area contributed by atoms with Gasteiger partial charge in [-0.2, -0.15) is 0 Å². The first-order valence-electron chi connectivity index (χ1n) is 6.56. The fraction of sp³-hybridized carbons (Fsp3) is 0.400. The van der Waals surface area contributed by atoms with E-state index < -0.39 is 5.79 Å². The SMILES string of the molecule is CC1(C)OCC(Cn2ccc3c(I)cccc3c2=O)O1. The molecule has 1 aromatic carbocycles. The van der Waals surface area contributed by atoms with Crippen LogP contribution in [-0.2, 0) is 16.0 Å². The number of benzene rings is 1. The van der Waals surface area contributed by atoms with Gasteiger partial charge in [0, 0.05) is 20.5 Å². The lowest BCUT2D eigenvalue weighted by Gasteiger charge is -2.17. The van der Waals surface area contributed by atoms with Gasteiger partial charge in [0.2, 0.25) is 0 Å². The Bertz CT molecular complexity index is 708. The zero-order valence-corrected chi connectivity index (χ0v) is 13.6. The third kappa shape index (κ3) is 2.62. The maximum Gasteiger partial charge on any atom is 0.258 e. The standard InChI is InChI=1S/C15H16INO3/c1-15(2)19-9-10(20-15)8-17-7-6-11-12(14(17)18)4-3-5-13(11)16/h3-7,10H,8-9H2,1-2H3. The van der Waals surface area contributed by atoms with Crippen LogP contribution in [0.25, 0.3) is 10.8 Å². The first kappa shape index (κ1) is 14.0. The van der Waals surface area contributed by atoms with Crippen molar-refractivity contribution in [2.75, 3.05) is 6.61 Å². The van der Waals surface area contributed by atoms with Crippen molar-refractivity contribution in [1.29, 1.82) is 0 Å². The molecule has 0 saturated carbocycles. The van der Waals surface area contributed by atoms with E-state index in [0.29, 0.717) is 13.2 Å². The lowest BCUT2D eigenvalue weighted by atomic mass is 10.2. The second kappa shape index (κ2) is 5.13. The molecule has 1 aliphatic rings. The molecule has 1 aromatic heterocycles. The summed E-state index contributed by atoms with van der Waals surface area (Å²) in [6, 6.07) is 7.77. The topological polar surface area (TPSA) is 40.5 Å². The molecule has 4 nitrogen and oxygen atoms in total. The van der Waals surface area contributed by atoms with E-state index in [1.54, 1.807) is 4.57 Å². The number of rotatable bonds is 2. The first-order chi connectivity index (χ1) is 9.46. The van der Waals surface area contributed by atoms with Crippen LogP contribution in [0, 0.1) is 3.57 Å². The van der Waals surface area contributed by atoms with Crippen molar-refractivity contribution < 1.29 is 9.47 Å². The van der Waals surface area contributed by atoms with Gasteiger partial charge in [-0.15, -0.1) is 0 Å². The fourth-order valence-corrected chi connectivity index (χ4v) is 3.17. The number of aromatic nitrogens is 1. The zero-order valence-electron chi connectivity index (χ0n) is 11.4. The average Bonchev–Trinajstić information content (AvgIpc) is 2.73. The van der Waals surface area contributed by atoms with E-state index in [0.717, 1.165) is 14.3 Å². The molecule has 1 fully saturated rings. The van der Waals surface area contributed by atoms with Crippen LogP contribution in [0.2, 0.25) is 0 Å². The summed E-state index contributed by atoms with van der Waals surface area (Å²) in [7, 11) is 0. The van der Waals surface area contributed by atoms with Crippen LogP contribution in [0.1, 0.15) is 13.8 Å². The summed E-state index contributed by atoms with van der Waals surface area (Å²) in [5.41, 5.74) is 0.0225. The third-order valence-electron chi connectivity index (χ3n) is 3.43. The molecule has 1 aliphatic heterocycles. The number of hydrogen-bond acceptors (Lipinski definition) is 3. The monoisotopic (exact) mass is 385 g/mol. The normalized spacial score (nSPS) is 21.4. The minimum atomic E-state index is -0.555. The van der Waals surface area contributed by atoms with E-state index >= 15 is 0 Å². The molecule has 2 heterocycles. The van der Waals surface area contributed by atoms with Crippen LogP contribution in [0.4, 0.5) is 0 Å². The van der Waals surface area contributed by atoms with Crippen LogP contribution < -0.4 is 5.56 Å². The molecule has 3 rings (SSSR count). The van der Waals surface area contributed by atoms with Gasteiger partial charge in [0.15, 0.2) is 5.79 Å². The Morgan fingerprint density at radius 3 is 2.85 bits per heavy atom. The Balaban J connectivity index is 1.94. The molecule has 0 spiro atoms. The van der Waals surface area contributed by atoms with Crippen molar-refractivity contribution in [2.24, 2.45) is 0 Å². The summed E-state index contributed by atoms with van der Waals surface area (Å²) in [4.78, 5) is 12.5. The quantitative estimate of drug-likeness (QED) is 0.747. The van der Waals surface area contributed by atoms with Gasteiger partial charge in [-0.25, -0.2) is 0 Å². The summed E-state index contributed by atoms with van der Waals surface area (Å²) in [6.45, 7) is 4.81. The van der Waals surface area contributed by atoms with Crippen LogP contribution >= 0.6 is 22.6 Å². The van der Waals surface area contributed by atoms with Gasteiger partial charge in [-0.05, 0) is 54.6 Å². The van der Waals surface area contributed by atoms with Crippen LogP contribution in [0.3, 0.4) is 0 Å². The van der Waals surface area contributed by atoms with Gasteiger partial charge < -0.3 is 14.0 Å². The highest BCUT2D eigenvalue weighted by Gasteiger charge is 2.32. The summed E-state index contributed by atoms with van der Waals surface area (Å²) in [5.74, 6) is -0.555. The summed E-state index contributed by atoms with van der Waals surface area (Å²) < 4.78 is 14.1. The molecule has 1 unspecified atom stereocenters. The molecule has 0 N–H and O–H groups in total. The van der Waals surface area contributed by atoms with Gasteiger partial charge in [-0.1, -0.05) is 6.07 Å². The van der Waals surface area contributed by atoms with Gasteiger partial charge in [-0.3, -0.25) is 4.79 Å². The van der Waals surface area contributed by atoms with Crippen molar-refractivity contribution in [1.82, 2.24) is 4.57 Å². The molecular formula is C15H16INO3. The smallest absolute Gasteiger partial charge is 0.258 e. The minimum Gasteiger partial charge on any atom is -0.348 e. The van der Waals surface area contributed by atoms with E-state index in [9.17, 15) is 4.79 Å². The molecule has 5 heteroatoms. The average molecular weight is 385 g/mol. The summed E-state index contributed by atoms with van der Waals surface area (Å²) >= 11 is 2.25. The Hall–Kier alpha value is -0.920. The first-order valence-corrected chi connectivity index (χ1v) is 7.64. The lowest BCUT2D eigenvalue weighted by molar-refractivity contribution is -0.139. The lowest BCUT2D eigenvalue weighted by Crippen LogP contribution is -2.29. The molecule has 20 heavy (non-hydrogen) atoms. The van der Waals surface area contributed by atoms with Gasteiger partial charge in [0.05, 0.1) is 13.2 Å². The Kier molecular flexibility index (Phi) is 3.60. The summed E-state index contributed by atoms with van der Waals surface area (Å²) in [6.07, 6.45) is 1.75. The van der Waals surface area contributed by atoms with Crippen LogP contribution in [0.15, 0.2) is 35.3 Å². The van der Waals surface area contributed by atoms with Crippen molar-refractivity contribution >= 4 is 33.4 Å². The van der Waals surface area contributed by atoms with Crippen molar-refractivity contribution in [2.45, 2.75) is 32.3 Å². The molecule has 1 saturated heterocycles. The van der Waals surface area contributed by atoms with Crippen LogP contribution in [-0.4, -0.2) is 23.1 Å². The number of halogens is 1. The minimum absolute atomic E-state index is 0.0225. The highest BCUT2D eigenvalue weighted by molar-refractivity contribution is 14.1. The van der Waals surface area contributed by atoms with Crippen LogP contribution in [0.5, 0.6) is 0 Å². The summed E-state index contributed by atoms with van der Waals surface area (Å²) in [5, 5.41) is 1.75. The molecule has 0 radical (unpaired) electrons. The van der Waals surface area contributed by atoms with E-state index in [1.807, 2.05) is 44.3 Å². The highest BCUT2D eigenvalue weighted by Crippen LogP contribution is 2.23. The van der Waals surface area contributed by atoms with E-state index in [-0.39, 0.29) is 11.7 Å². The van der Waals surface area contributed by atoms with E-state index in [1.165, 1.54) is 0 Å². The molecule has 1 atom stereocenters. The second-order valence-corrected chi connectivity index (χ2v) is 6.59. The molecule has 0 amide bonds. The van der Waals surface area contributed by atoms with E-state index in [2.05, 4.69) is 22.6 Å². The molecule has 0 bridgehead atoms. The zero-order chi connectivity index (χ0) is 14.3. The largest absolute Gasteiger partial charge is 0.348 e.